The normalized spacial score (nSPS) is 10.3. The summed E-state index contributed by atoms with van der Waals surface area (Å²) in [6, 6.07) is 3.69. The summed E-state index contributed by atoms with van der Waals surface area (Å²) in [5.41, 5.74) is 0. The maximum atomic E-state index is 11.2. The number of halogens is 1. The largest absolute Gasteiger partial charge is 0.468 e. The van der Waals surface area contributed by atoms with Gasteiger partial charge in [0.25, 0.3) is 0 Å². The molecule has 0 saturated heterocycles. The molecule has 0 unspecified atom stereocenters. The Balaban J connectivity index is 2.12. The van der Waals surface area contributed by atoms with Crippen LogP contribution in [0.4, 0.5) is 0 Å². The van der Waals surface area contributed by atoms with Crippen molar-refractivity contribution in [2.45, 2.75) is 16.7 Å². The standard InChI is InChI=1S/C9H8BrN5O2S/c1-17-8(16)5-15-9(12-13-14-15)18-7-3-2-6(10)4-11-7/h2-4H,5H2,1H3. The average molecular weight is 330 g/mol. The van der Waals surface area contributed by atoms with Gasteiger partial charge >= 0.3 is 5.97 Å². The van der Waals surface area contributed by atoms with Gasteiger partial charge in [-0.1, -0.05) is 0 Å². The number of rotatable bonds is 4. The van der Waals surface area contributed by atoms with Crippen molar-refractivity contribution < 1.29 is 9.53 Å². The topological polar surface area (TPSA) is 82.8 Å². The predicted octanol–water partition coefficient (Wildman–Crippen LogP) is 1.15. The highest BCUT2D eigenvalue weighted by atomic mass is 79.9. The third kappa shape index (κ3) is 3.26. The molecule has 0 aliphatic rings. The van der Waals surface area contributed by atoms with Crippen LogP contribution < -0.4 is 0 Å². The van der Waals surface area contributed by atoms with Gasteiger partial charge in [0.1, 0.15) is 11.6 Å². The Labute approximate surface area is 115 Å². The fourth-order valence-corrected chi connectivity index (χ4v) is 2.02. The minimum Gasteiger partial charge on any atom is -0.468 e. The van der Waals surface area contributed by atoms with Crippen molar-refractivity contribution in [3.63, 3.8) is 0 Å². The quantitative estimate of drug-likeness (QED) is 0.778. The van der Waals surface area contributed by atoms with Crippen molar-refractivity contribution >= 4 is 33.7 Å². The van der Waals surface area contributed by atoms with Crippen LogP contribution in [0.15, 0.2) is 33.0 Å². The van der Waals surface area contributed by atoms with Crippen LogP contribution in [0.1, 0.15) is 0 Å². The lowest BCUT2D eigenvalue weighted by Gasteiger charge is -2.02. The summed E-state index contributed by atoms with van der Waals surface area (Å²) in [7, 11) is 1.32. The average Bonchev–Trinajstić information content (AvgIpc) is 2.79. The van der Waals surface area contributed by atoms with Gasteiger partial charge in [-0.25, -0.2) is 9.67 Å². The lowest BCUT2D eigenvalue weighted by atomic mass is 10.5. The molecule has 94 valence electrons. The number of hydrogen-bond donors (Lipinski definition) is 0. The highest BCUT2D eigenvalue weighted by Crippen LogP contribution is 2.24. The van der Waals surface area contributed by atoms with E-state index in [0.29, 0.717) is 5.16 Å². The van der Waals surface area contributed by atoms with Crippen LogP contribution in [0, 0.1) is 0 Å². The fraction of sp³-hybridized carbons (Fsp3) is 0.222. The van der Waals surface area contributed by atoms with Gasteiger partial charge in [-0.3, -0.25) is 4.79 Å². The Morgan fingerprint density at radius 1 is 1.56 bits per heavy atom. The number of hydrogen-bond acceptors (Lipinski definition) is 7. The van der Waals surface area contributed by atoms with E-state index in [2.05, 4.69) is 41.2 Å². The molecule has 0 aliphatic carbocycles. The van der Waals surface area contributed by atoms with Gasteiger partial charge in [-0.05, 0) is 50.3 Å². The number of ether oxygens (including phenoxy) is 1. The van der Waals surface area contributed by atoms with Crippen molar-refractivity contribution in [3.8, 4) is 0 Å². The minimum absolute atomic E-state index is 0.0254. The number of pyridine rings is 1. The van der Waals surface area contributed by atoms with Gasteiger partial charge in [0.15, 0.2) is 0 Å². The van der Waals surface area contributed by atoms with Gasteiger partial charge in [0.2, 0.25) is 5.16 Å². The molecule has 0 amide bonds. The Morgan fingerprint density at radius 2 is 2.39 bits per heavy atom. The molecule has 0 atom stereocenters. The van der Waals surface area contributed by atoms with Crippen LogP contribution in [0.25, 0.3) is 0 Å². The first kappa shape index (κ1) is 13.0. The van der Waals surface area contributed by atoms with Crippen molar-refractivity contribution in [2.75, 3.05) is 7.11 Å². The second-order valence-electron chi connectivity index (χ2n) is 3.11. The molecule has 2 heterocycles. The number of carbonyl (C=O) groups excluding carboxylic acids is 1. The first-order valence-electron chi connectivity index (χ1n) is 4.81. The second-order valence-corrected chi connectivity index (χ2v) is 5.02. The van der Waals surface area contributed by atoms with Crippen LogP contribution >= 0.6 is 27.7 Å². The number of aromatic nitrogens is 5. The monoisotopic (exact) mass is 329 g/mol. The Bertz CT molecular complexity index is 544. The second kappa shape index (κ2) is 5.91. The Hall–Kier alpha value is -1.48. The number of nitrogens with zero attached hydrogens (tertiary/aromatic N) is 5. The molecule has 2 rings (SSSR count). The molecule has 9 heteroatoms. The Kier molecular flexibility index (Phi) is 4.26. The van der Waals surface area contributed by atoms with Gasteiger partial charge in [-0.15, -0.1) is 5.10 Å². The molecule has 0 bridgehead atoms. The van der Waals surface area contributed by atoms with E-state index in [1.54, 1.807) is 6.20 Å². The smallest absolute Gasteiger partial charge is 0.327 e. The highest BCUT2D eigenvalue weighted by Gasteiger charge is 2.12. The van der Waals surface area contributed by atoms with Gasteiger partial charge in [0.05, 0.1) is 7.11 Å². The molecule has 0 saturated carbocycles. The zero-order valence-corrected chi connectivity index (χ0v) is 11.7. The first-order chi connectivity index (χ1) is 8.69. The summed E-state index contributed by atoms with van der Waals surface area (Å²) in [4.78, 5) is 15.3. The molecular weight excluding hydrogens is 322 g/mol. The molecule has 0 fully saturated rings. The van der Waals surface area contributed by atoms with E-state index in [-0.39, 0.29) is 6.54 Å². The summed E-state index contributed by atoms with van der Waals surface area (Å²) in [6.45, 7) is -0.0254. The van der Waals surface area contributed by atoms with Crippen LogP contribution in [-0.4, -0.2) is 38.3 Å². The summed E-state index contributed by atoms with van der Waals surface area (Å²) in [5, 5.41) is 12.3. The molecule has 0 N–H and O–H groups in total. The van der Waals surface area contributed by atoms with E-state index in [1.807, 2.05) is 12.1 Å². The molecule has 0 radical (unpaired) electrons. The molecule has 0 aromatic carbocycles. The SMILES string of the molecule is COC(=O)Cn1nnnc1Sc1ccc(Br)cn1. The van der Waals surface area contributed by atoms with Gasteiger partial charge < -0.3 is 4.74 Å². The molecule has 18 heavy (non-hydrogen) atoms. The van der Waals surface area contributed by atoms with Crippen LogP contribution in [0.5, 0.6) is 0 Å². The summed E-state index contributed by atoms with van der Waals surface area (Å²) in [5.74, 6) is -0.409. The summed E-state index contributed by atoms with van der Waals surface area (Å²) < 4.78 is 6.81. The van der Waals surface area contributed by atoms with Crippen molar-refractivity contribution in [2.24, 2.45) is 0 Å². The number of esters is 1. The van der Waals surface area contributed by atoms with E-state index >= 15 is 0 Å². The molecular formula is C9H8BrN5O2S. The third-order valence-electron chi connectivity index (χ3n) is 1.90. The minimum atomic E-state index is -0.409. The number of methoxy groups -OCH3 is 1. The fourth-order valence-electron chi connectivity index (χ4n) is 1.07. The Morgan fingerprint density at radius 3 is 3.06 bits per heavy atom. The molecule has 2 aromatic rings. The van der Waals surface area contributed by atoms with Crippen LogP contribution in [0.3, 0.4) is 0 Å². The lowest BCUT2D eigenvalue weighted by molar-refractivity contribution is -0.141. The zero-order chi connectivity index (χ0) is 13.0. The van der Waals surface area contributed by atoms with E-state index in [4.69, 9.17) is 0 Å². The molecule has 7 nitrogen and oxygen atoms in total. The molecule has 2 aromatic heterocycles. The summed E-state index contributed by atoms with van der Waals surface area (Å²) in [6.07, 6.45) is 1.68. The zero-order valence-electron chi connectivity index (χ0n) is 9.28. The highest BCUT2D eigenvalue weighted by molar-refractivity contribution is 9.10. The maximum absolute atomic E-state index is 11.2. The lowest BCUT2D eigenvalue weighted by Crippen LogP contribution is -2.13. The van der Waals surface area contributed by atoms with E-state index < -0.39 is 5.97 Å². The van der Waals surface area contributed by atoms with Crippen LogP contribution in [0.2, 0.25) is 0 Å². The molecule has 0 spiro atoms. The number of tetrazole rings is 1. The van der Waals surface area contributed by atoms with Crippen molar-refractivity contribution in [1.29, 1.82) is 0 Å². The van der Waals surface area contributed by atoms with Gasteiger partial charge in [0, 0.05) is 10.7 Å². The molecule has 0 aliphatic heterocycles. The first-order valence-corrected chi connectivity index (χ1v) is 6.42. The van der Waals surface area contributed by atoms with E-state index in [1.165, 1.54) is 23.6 Å². The summed E-state index contributed by atoms with van der Waals surface area (Å²) >= 11 is 4.57. The number of carbonyl (C=O) groups is 1. The van der Waals surface area contributed by atoms with E-state index in [0.717, 1.165) is 9.50 Å². The maximum Gasteiger partial charge on any atom is 0.327 e. The third-order valence-corrected chi connectivity index (χ3v) is 3.30. The van der Waals surface area contributed by atoms with Gasteiger partial charge in [-0.2, -0.15) is 0 Å². The predicted molar refractivity (Wildman–Crippen MR) is 65.9 cm³/mol. The van der Waals surface area contributed by atoms with Crippen molar-refractivity contribution in [1.82, 2.24) is 25.2 Å². The van der Waals surface area contributed by atoms with E-state index in [9.17, 15) is 4.79 Å². The van der Waals surface area contributed by atoms with Crippen LogP contribution in [-0.2, 0) is 16.1 Å². The van der Waals surface area contributed by atoms with Crippen molar-refractivity contribution in [3.05, 3.63) is 22.8 Å².